The predicted octanol–water partition coefficient (Wildman–Crippen LogP) is 4.99. The largest absolute Gasteiger partial charge is 0.295 e. The van der Waals surface area contributed by atoms with Gasteiger partial charge in [0.2, 0.25) is 0 Å². The first-order valence-corrected chi connectivity index (χ1v) is 8.75. The van der Waals surface area contributed by atoms with E-state index in [1.54, 1.807) is 0 Å². The van der Waals surface area contributed by atoms with Crippen molar-refractivity contribution in [2.45, 2.75) is 51.9 Å². The summed E-state index contributed by atoms with van der Waals surface area (Å²) in [5.74, 6) is -2.79. The Morgan fingerprint density at radius 2 is 1.39 bits per heavy atom. The van der Waals surface area contributed by atoms with Crippen LogP contribution in [0.1, 0.15) is 41.5 Å². The Hall–Kier alpha value is -1.35. The highest BCUT2D eigenvalue weighted by atomic mass is 31.1. The van der Waals surface area contributed by atoms with Gasteiger partial charge in [-0.2, -0.15) is 0 Å². The highest BCUT2D eigenvalue weighted by molar-refractivity contribution is 7.68. The molecule has 2 nitrogen and oxygen atoms in total. The Bertz CT molecular complexity index is 674. The molecule has 0 amide bonds. The second-order valence-corrected chi connectivity index (χ2v) is 11.2. The molecule has 0 N–H and O–H groups in total. The molecule has 126 valence electrons. The highest BCUT2D eigenvalue weighted by Gasteiger charge is 2.39. The molecule has 0 aliphatic heterocycles. The summed E-state index contributed by atoms with van der Waals surface area (Å²) in [6, 6.07) is 1.39. The first-order valence-electron chi connectivity index (χ1n) is 7.41. The Balaban J connectivity index is 2.69. The fourth-order valence-corrected chi connectivity index (χ4v) is 6.78. The summed E-state index contributed by atoms with van der Waals surface area (Å²) in [4.78, 5) is 4.40. The lowest BCUT2D eigenvalue weighted by Crippen LogP contribution is -2.35. The van der Waals surface area contributed by atoms with E-state index in [1.165, 1.54) is 17.0 Å². The molecule has 0 unspecified atom stereocenters. The van der Waals surface area contributed by atoms with Crippen LogP contribution in [0.3, 0.4) is 0 Å². The van der Waals surface area contributed by atoms with Gasteiger partial charge in [-0.05, 0) is 18.2 Å². The number of benzene rings is 1. The lowest BCUT2D eigenvalue weighted by Gasteiger charge is -2.40. The van der Waals surface area contributed by atoms with Crippen LogP contribution in [0.15, 0.2) is 24.5 Å². The number of aromatic nitrogens is 2. The molecule has 0 spiro atoms. The standard InChI is InChI=1S/C17H22F3N2P/c1-16(2,3)23(17(4,5)6)15-21-7-8-22(15)14-12(19)9-11(18)10-13(14)20/h7-10H,1-6H3. The molecule has 1 aromatic carbocycles. The van der Waals surface area contributed by atoms with Crippen LogP contribution in [0, 0.1) is 17.5 Å². The van der Waals surface area contributed by atoms with E-state index in [-0.39, 0.29) is 16.0 Å². The van der Waals surface area contributed by atoms with Crippen LogP contribution in [-0.2, 0) is 0 Å². The average molecular weight is 342 g/mol. The second-order valence-electron chi connectivity index (χ2n) is 7.49. The zero-order chi connectivity index (χ0) is 17.6. The smallest absolute Gasteiger partial charge is 0.153 e. The summed E-state index contributed by atoms with van der Waals surface area (Å²) in [6.45, 7) is 12.6. The van der Waals surface area contributed by atoms with Crippen molar-refractivity contribution in [3.8, 4) is 5.69 Å². The van der Waals surface area contributed by atoms with E-state index in [0.29, 0.717) is 17.7 Å². The van der Waals surface area contributed by atoms with E-state index >= 15 is 0 Å². The zero-order valence-electron chi connectivity index (χ0n) is 14.3. The van der Waals surface area contributed by atoms with E-state index < -0.39 is 25.4 Å². The Labute approximate surface area is 136 Å². The van der Waals surface area contributed by atoms with Gasteiger partial charge in [0.25, 0.3) is 0 Å². The van der Waals surface area contributed by atoms with Crippen LogP contribution < -0.4 is 5.57 Å². The van der Waals surface area contributed by atoms with E-state index in [9.17, 15) is 13.2 Å². The first-order chi connectivity index (χ1) is 10.4. The normalized spacial score (nSPS) is 13.0. The molecular weight excluding hydrogens is 320 g/mol. The molecule has 0 fully saturated rings. The summed E-state index contributed by atoms with van der Waals surface area (Å²) < 4.78 is 43.0. The molecule has 0 saturated carbocycles. The van der Waals surface area contributed by atoms with Crippen molar-refractivity contribution in [3.05, 3.63) is 42.0 Å². The van der Waals surface area contributed by atoms with Crippen molar-refractivity contribution in [1.29, 1.82) is 0 Å². The summed E-state index contributed by atoms with van der Waals surface area (Å²) in [7, 11) is -0.853. The van der Waals surface area contributed by atoms with Crippen molar-refractivity contribution in [2.24, 2.45) is 0 Å². The van der Waals surface area contributed by atoms with Gasteiger partial charge < -0.3 is 0 Å². The van der Waals surface area contributed by atoms with Gasteiger partial charge in [0, 0.05) is 24.5 Å². The van der Waals surface area contributed by atoms with Crippen LogP contribution in [0.2, 0.25) is 0 Å². The number of hydrogen-bond acceptors (Lipinski definition) is 1. The van der Waals surface area contributed by atoms with Gasteiger partial charge in [-0.3, -0.25) is 4.57 Å². The number of halogens is 3. The third kappa shape index (κ3) is 3.60. The average Bonchev–Trinajstić information content (AvgIpc) is 2.72. The van der Waals surface area contributed by atoms with Gasteiger partial charge in [0.15, 0.2) is 11.6 Å². The number of hydrogen-bond donors (Lipinski definition) is 0. The van der Waals surface area contributed by atoms with Crippen LogP contribution in [0.5, 0.6) is 0 Å². The fourth-order valence-electron chi connectivity index (χ4n) is 3.01. The van der Waals surface area contributed by atoms with E-state index in [2.05, 4.69) is 46.5 Å². The van der Waals surface area contributed by atoms with Crippen molar-refractivity contribution < 1.29 is 13.2 Å². The van der Waals surface area contributed by atoms with E-state index in [0.717, 1.165) is 0 Å². The molecule has 0 radical (unpaired) electrons. The number of nitrogens with zero attached hydrogens (tertiary/aromatic N) is 2. The fraction of sp³-hybridized carbons (Fsp3) is 0.471. The molecule has 2 aromatic rings. The molecule has 1 heterocycles. The van der Waals surface area contributed by atoms with Gasteiger partial charge in [-0.1, -0.05) is 41.5 Å². The summed E-state index contributed by atoms with van der Waals surface area (Å²) in [5.41, 5.74) is 0.351. The SMILES string of the molecule is CC(C)(C)P(c1nccn1-c1c(F)cc(F)cc1F)C(C)(C)C. The van der Waals surface area contributed by atoms with Crippen molar-refractivity contribution in [2.75, 3.05) is 0 Å². The maximum Gasteiger partial charge on any atom is 0.153 e. The van der Waals surface area contributed by atoms with Gasteiger partial charge in [0.1, 0.15) is 17.1 Å². The molecule has 0 aliphatic rings. The van der Waals surface area contributed by atoms with Crippen molar-refractivity contribution >= 4 is 13.5 Å². The lowest BCUT2D eigenvalue weighted by molar-refractivity contribution is 0.535. The Kier molecular flexibility index (Phi) is 4.64. The summed E-state index contributed by atoms with van der Waals surface area (Å²) in [5, 5.41) is -0.215. The quantitative estimate of drug-likeness (QED) is 0.703. The summed E-state index contributed by atoms with van der Waals surface area (Å²) >= 11 is 0. The Morgan fingerprint density at radius 1 is 0.913 bits per heavy atom. The van der Waals surface area contributed by atoms with E-state index in [1.807, 2.05) is 0 Å². The molecule has 23 heavy (non-hydrogen) atoms. The molecule has 2 rings (SSSR count). The Morgan fingerprint density at radius 3 is 1.83 bits per heavy atom. The van der Waals surface area contributed by atoms with Crippen LogP contribution in [0.25, 0.3) is 5.69 Å². The molecular formula is C17H22F3N2P. The minimum absolute atomic E-state index is 0.107. The molecule has 0 aliphatic carbocycles. The minimum atomic E-state index is -0.931. The molecule has 0 bridgehead atoms. The first kappa shape index (κ1) is 18.0. The monoisotopic (exact) mass is 342 g/mol. The predicted molar refractivity (Wildman–Crippen MR) is 89.5 cm³/mol. The second kappa shape index (κ2) is 5.94. The van der Waals surface area contributed by atoms with Crippen LogP contribution in [-0.4, -0.2) is 19.9 Å². The molecule has 0 saturated heterocycles. The maximum absolute atomic E-state index is 14.2. The van der Waals surface area contributed by atoms with E-state index in [4.69, 9.17) is 0 Å². The lowest BCUT2D eigenvalue weighted by atomic mass is 10.2. The third-order valence-corrected chi connectivity index (χ3v) is 6.80. The van der Waals surface area contributed by atoms with Crippen LogP contribution >= 0.6 is 7.92 Å². The van der Waals surface area contributed by atoms with Gasteiger partial charge >= 0.3 is 0 Å². The summed E-state index contributed by atoms with van der Waals surface area (Å²) in [6.07, 6.45) is 3.06. The minimum Gasteiger partial charge on any atom is -0.295 e. The molecule has 1 aromatic heterocycles. The highest BCUT2D eigenvalue weighted by Crippen LogP contribution is 2.58. The van der Waals surface area contributed by atoms with Gasteiger partial charge in [-0.25, -0.2) is 18.2 Å². The molecule has 6 heteroatoms. The number of rotatable bonds is 2. The number of imidazole rings is 1. The van der Waals surface area contributed by atoms with Crippen molar-refractivity contribution in [1.82, 2.24) is 9.55 Å². The third-order valence-electron chi connectivity index (χ3n) is 3.39. The zero-order valence-corrected chi connectivity index (χ0v) is 15.2. The maximum atomic E-state index is 14.2. The molecule has 0 atom stereocenters. The van der Waals surface area contributed by atoms with Crippen molar-refractivity contribution in [3.63, 3.8) is 0 Å². The van der Waals surface area contributed by atoms with Gasteiger partial charge in [0.05, 0.1) is 0 Å². The topological polar surface area (TPSA) is 17.8 Å². The van der Waals surface area contributed by atoms with Crippen LogP contribution in [0.4, 0.5) is 13.2 Å². The van der Waals surface area contributed by atoms with Gasteiger partial charge in [-0.15, -0.1) is 0 Å².